The molecule has 16 heteroatoms. The number of pyridine rings is 1. The summed E-state index contributed by atoms with van der Waals surface area (Å²) in [7, 11) is 6.79. The van der Waals surface area contributed by atoms with Gasteiger partial charge in [0, 0.05) is 67.5 Å². The van der Waals surface area contributed by atoms with Crippen LogP contribution >= 0.6 is 0 Å². The largest absolute Gasteiger partial charge is 0.481 e. The minimum absolute atomic E-state index is 0.0991. The van der Waals surface area contributed by atoms with Crippen molar-refractivity contribution in [3.05, 3.63) is 43.0 Å². The number of unbranched alkanes of at least 4 members (excludes halogenated alkanes) is 1. The van der Waals surface area contributed by atoms with Gasteiger partial charge in [-0.25, -0.2) is 14.8 Å². The number of ether oxygens (including phenoxy) is 6. The van der Waals surface area contributed by atoms with Crippen molar-refractivity contribution in [3.63, 3.8) is 0 Å². The quantitative estimate of drug-likeness (QED) is 0.117. The predicted octanol–water partition coefficient (Wildman–Crippen LogP) is 5.41. The predicted molar refractivity (Wildman–Crippen MR) is 230 cm³/mol. The monoisotopic (exact) mass is 867 g/mol. The van der Waals surface area contributed by atoms with Crippen LogP contribution in [0.2, 0.25) is 0 Å². The number of fused-ring (bicyclic) bond motifs is 1. The van der Waals surface area contributed by atoms with Gasteiger partial charge in [-0.2, -0.15) is 0 Å². The molecule has 0 saturated carbocycles. The summed E-state index contributed by atoms with van der Waals surface area (Å²) in [4.78, 5) is 69.8. The van der Waals surface area contributed by atoms with Gasteiger partial charge in [-0.15, -0.1) is 0 Å². The van der Waals surface area contributed by atoms with Crippen LogP contribution < -0.4 is 4.74 Å². The van der Waals surface area contributed by atoms with Gasteiger partial charge in [0.1, 0.15) is 23.9 Å². The van der Waals surface area contributed by atoms with Crippen LogP contribution in [0.1, 0.15) is 86.3 Å². The number of Topliss-reactive ketones (excluding diaryl/α,β-unsaturated/α-hetero) is 2. The summed E-state index contributed by atoms with van der Waals surface area (Å²) < 4.78 is 38.6. The molecule has 3 saturated heterocycles. The standard InChI is InChI=1S/C46H69N5O11/c1-14-34-46(15-2)40(51(44(56)62-46)21-17-16-20-50-25-48-36(31(50)8)32-18-19-35(57-12)47-24-32)28(5)37(52)26(3)23-45(9,58-13)41(29(6)38(53)30(7)42(55)60-34)61-43-39(54)33(49(10)11)22-27(4)59-43/h15,18-19,24-30,33-34,39-41,43,54H,2,14,16-17,20-23H2,1,3-13H3/t26-,27-,28+,29+,30-,33+,34-,39-,40-,41-,43+,45-,46-/m1/s1. The van der Waals surface area contributed by atoms with E-state index in [0.29, 0.717) is 31.7 Å². The second kappa shape index (κ2) is 20.1. The third-order valence-electron chi connectivity index (χ3n) is 13.5. The highest BCUT2D eigenvalue weighted by Crippen LogP contribution is 2.44. The Bertz CT molecular complexity index is 1900. The number of carbonyl (C=O) groups is 4. The van der Waals surface area contributed by atoms with Crippen LogP contribution in [-0.4, -0.2) is 142 Å². The number of nitrogens with zero attached hydrogens (tertiary/aromatic N) is 5. The summed E-state index contributed by atoms with van der Waals surface area (Å²) in [6.45, 7) is 19.1. The zero-order valence-electron chi connectivity index (χ0n) is 38.7. The van der Waals surface area contributed by atoms with Crippen LogP contribution in [0.4, 0.5) is 4.79 Å². The number of aliphatic hydroxyl groups is 1. The van der Waals surface area contributed by atoms with Gasteiger partial charge in [0.25, 0.3) is 0 Å². The lowest BCUT2D eigenvalue weighted by Crippen LogP contribution is -2.60. The first-order valence-electron chi connectivity index (χ1n) is 21.9. The number of amides is 1. The maximum atomic E-state index is 14.9. The van der Waals surface area contributed by atoms with Crippen LogP contribution in [-0.2, 0) is 44.6 Å². The number of aliphatic hydroxyl groups excluding tert-OH is 1. The molecule has 62 heavy (non-hydrogen) atoms. The highest BCUT2D eigenvalue weighted by atomic mass is 16.7. The zero-order chi connectivity index (χ0) is 45.8. The Hall–Kier alpha value is -4.22. The maximum Gasteiger partial charge on any atom is 0.411 e. The number of esters is 1. The molecule has 0 unspecified atom stereocenters. The Morgan fingerprint density at radius 1 is 1.02 bits per heavy atom. The number of carbonyl (C=O) groups excluding carboxylic acids is 4. The number of hydrogen-bond acceptors (Lipinski definition) is 14. The molecular formula is C46H69N5O11. The van der Waals surface area contributed by atoms with E-state index in [4.69, 9.17) is 28.4 Å². The van der Waals surface area contributed by atoms with Gasteiger partial charge < -0.3 is 43.0 Å². The van der Waals surface area contributed by atoms with E-state index in [1.54, 1.807) is 65.2 Å². The lowest BCUT2D eigenvalue weighted by atomic mass is 9.72. The summed E-state index contributed by atoms with van der Waals surface area (Å²) in [5.74, 6) is -4.74. The molecule has 5 heterocycles. The Labute approximate surface area is 366 Å². The summed E-state index contributed by atoms with van der Waals surface area (Å²) in [5.41, 5.74) is -0.278. The fourth-order valence-electron chi connectivity index (χ4n) is 9.84. The maximum absolute atomic E-state index is 14.9. The van der Waals surface area contributed by atoms with E-state index in [0.717, 1.165) is 17.0 Å². The van der Waals surface area contributed by atoms with Crippen LogP contribution in [0, 0.1) is 30.6 Å². The number of aryl methyl sites for hydroxylation is 1. The number of methoxy groups -OCH3 is 2. The second-order valence-electron chi connectivity index (χ2n) is 17.9. The van der Waals surface area contributed by atoms with Crippen molar-refractivity contribution in [2.45, 2.75) is 148 Å². The van der Waals surface area contributed by atoms with E-state index in [2.05, 4.69) is 16.5 Å². The number of ketones is 2. The van der Waals surface area contributed by atoms with Gasteiger partial charge in [-0.3, -0.25) is 19.3 Å². The average molecular weight is 868 g/mol. The van der Waals surface area contributed by atoms with Gasteiger partial charge in [-0.1, -0.05) is 34.3 Å². The van der Waals surface area contributed by atoms with E-state index < -0.39 is 83.4 Å². The molecule has 2 aromatic heterocycles. The van der Waals surface area contributed by atoms with Crippen LogP contribution in [0.25, 0.3) is 11.3 Å². The molecule has 3 aliphatic rings. The first-order valence-corrected chi connectivity index (χ1v) is 21.9. The minimum atomic E-state index is -1.61. The topological polar surface area (TPSA) is 181 Å². The number of rotatable bonds is 13. The normalized spacial score (nSPS) is 35.0. The number of cyclic esters (lactones) is 1. The van der Waals surface area contributed by atoms with E-state index >= 15 is 0 Å². The Morgan fingerprint density at radius 2 is 1.71 bits per heavy atom. The fourth-order valence-corrected chi connectivity index (χ4v) is 9.84. The zero-order valence-corrected chi connectivity index (χ0v) is 38.7. The first-order chi connectivity index (χ1) is 29.3. The summed E-state index contributed by atoms with van der Waals surface area (Å²) in [6.07, 6.45) is 1.78. The SMILES string of the molecule is C=C[C@]12OC(=O)N(CCCCn3cnc(-c4ccc(OC)nc4)c3C)[C@@H]1[C@@H](C)C(=O)[C@H](C)C[C@@](C)(OC)[C@H](O[C@@H]1O[C@H](C)C[C@H](N(C)C)[C@H]1O)[C@@H](C)C(=O)[C@@H](C)C(=O)O[C@@H]2CC. The molecule has 0 aromatic carbocycles. The molecule has 13 atom stereocenters. The molecular weight excluding hydrogens is 799 g/mol. The van der Waals surface area contributed by atoms with E-state index in [1.807, 2.05) is 43.5 Å². The lowest BCUT2D eigenvalue weighted by molar-refractivity contribution is -0.295. The summed E-state index contributed by atoms with van der Waals surface area (Å²) in [6, 6.07) is 2.49. The lowest BCUT2D eigenvalue weighted by Gasteiger charge is -2.47. The van der Waals surface area contributed by atoms with E-state index in [9.17, 15) is 24.3 Å². The summed E-state index contributed by atoms with van der Waals surface area (Å²) in [5, 5.41) is 11.5. The fraction of sp³-hybridized carbons (Fsp3) is 0.696. The van der Waals surface area contributed by atoms with Crippen molar-refractivity contribution >= 4 is 23.6 Å². The Morgan fingerprint density at radius 3 is 2.31 bits per heavy atom. The summed E-state index contributed by atoms with van der Waals surface area (Å²) >= 11 is 0. The minimum Gasteiger partial charge on any atom is -0.481 e. The third kappa shape index (κ3) is 9.64. The van der Waals surface area contributed by atoms with E-state index in [-0.39, 0.29) is 37.3 Å². The van der Waals surface area contributed by atoms with Crippen LogP contribution in [0.5, 0.6) is 5.88 Å². The number of likely N-dealkylation sites (N-methyl/N-ethyl adjacent to an activating group) is 1. The van der Waals surface area contributed by atoms with Crippen molar-refractivity contribution in [3.8, 4) is 17.1 Å². The molecule has 1 N–H and O–H groups in total. The average Bonchev–Trinajstić information content (AvgIpc) is 3.77. The molecule has 0 spiro atoms. The molecule has 5 rings (SSSR count). The van der Waals surface area contributed by atoms with Gasteiger partial charge in [0.05, 0.1) is 43.0 Å². The van der Waals surface area contributed by atoms with Crippen LogP contribution in [0.3, 0.4) is 0 Å². The Kier molecular flexibility index (Phi) is 15.8. The molecule has 3 aliphatic heterocycles. The van der Waals surface area contributed by atoms with Crippen molar-refractivity contribution in [2.75, 3.05) is 34.9 Å². The van der Waals surface area contributed by atoms with Gasteiger partial charge in [0.2, 0.25) is 5.88 Å². The van der Waals surface area contributed by atoms with Gasteiger partial charge in [0.15, 0.2) is 17.7 Å². The highest BCUT2D eigenvalue weighted by molar-refractivity contribution is 6.00. The van der Waals surface area contributed by atoms with Crippen LogP contribution in [0.15, 0.2) is 37.3 Å². The highest BCUT2D eigenvalue weighted by Gasteiger charge is 2.61. The first kappa shape index (κ1) is 48.8. The van der Waals surface area contributed by atoms with Gasteiger partial charge >= 0.3 is 12.1 Å². The second-order valence-corrected chi connectivity index (χ2v) is 17.9. The molecule has 1 amide bonds. The molecule has 0 bridgehead atoms. The Balaban J connectivity index is 1.45. The number of imidazole rings is 1. The van der Waals surface area contributed by atoms with Crippen molar-refractivity contribution in [2.24, 2.45) is 23.7 Å². The van der Waals surface area contributed by atoms with Gasteiger partial charge in [-0.05, 0) is 86.0 Å². The van der Waals surface area contributed by atoms with Crippen molar-refractivity contribution in [1.29, 1.82) is 0 Å². The molecule has 0 aliphatic carbocycles. The molecule has 344 valence electrons. The number of hydrogen-bond donors (Lipinski definition) is 1. The smallest absolute Gasteiger partial charge is 0.411 e. The third-order valence-corrected chi connectivity index (χ3v) is 13.5. The van der Waals surface area contributed by atoms with E-state index in [1.165, 1.54) is 20.1 Å². The molecule has 3 fully saturated rings. The van der Waals surface area contributed by atoms with Crippen molar-refractivity contribution < 1.29 is 52.7 Å². The molecule has 0 radical (unpaired) electrons. The van der Waals surface area contributed by atoms with Crippen molar-refractivity contribution in [1.82, 2.24) is 24.3 Å². The number of aromatic nitrogens is 3. The molecule has 16 nitrogen and oxygen atoms in total. The molecule has 2 aromatic rings.